The summed E-state index contributed by atoms with van der Waals surface area (Å²) in [5.74, 6) is 0.786. The third-order valence-electron chi connectivity index (χ3n) is 7.21. The maximum Gasteiger partial charge on any atom is 0.261 e. The first-order valence-corrected chi connectivity index (χ1v) is 12.2. The van der Waals surface area contributed by atoms with Crippen LogP contribution in [0.15, 0.2) is 77.6 Å². The number of anilines is 1. The molecule has 0 saturated heterocycles. The van der Waals surface area contributed by atoms with Crippen LogP contribution in [0.4, 0.5) is 5.69 Å². The van der Waals surface area contributed by atoms with Gasteiger partial charge >= 0.3 is 0 Å². The number of para-hydroxylation sites is 1. The van der Waals surface area contributed by atoms with Gasteiger partial charge in [-0.2, -0.15) is 0 Å². The molecule has 0 spiro atoms. The molecule has 0 radical (unpaired) electrons. The van der Waals surface area contributed by atoms with E-state index in [1.807, 2.05) is 45.9 Å². The van der Waals surface area contributed by atoms with Gasteiger partial charge in [-0.15, -0.1) is 0 Å². The quantitative estimate of drug-likeness (QED) is 0.445. The number of carbonyl (C=O) groups is 1. The van der Waals surface area contributed by atoms with Gasteiger partial charge in [-0.25, -0.2) is 4.98 Å². The van der Waals surface area contributed by atoms with Gasteiger partial charge in [0.2, 0.25) is 0 Å². The second kappa shape index (κ2) is 8.56. The third-order valence-corrected chi connectivity index (χ3v) is 7.21. The van der Waals surface area contributed by atoms with Crippen LogP contribution in [-0.2, 0) is 25.8 Å². The van der Waals surface area contributed by atoms with Crippen LogP contribution in [0.2, 0.25) is 0 Å². The molecule has 1 aliphatic heterocycles. The molecule has 0 fully saturated rings. The number of aromatic nitrogens is 2. The summed E-state index contributed by atoms with van der Waals surface area (Å²) in [6.07, 6.45) is 5.63. The maximum atomic E-state index is 14.0. The molecule has 5 nitrogen and oxygen atoms in total. The standard InChI is InChI=1S/C29H27N3O2/c33-28(22-14-15-25-26(19-22)30-27-13-5-2-8-16-31(27)29(25)34)32(23-11-3-1-4-12-23)24-17-20-9-6-7-10-21(20)18-24/h1,3-4,6-7,9-12,14-15,19,24H,2,5,8,13,16-18H2. The highest BCUT2D eigenvalue weighted by molar-refractivity contribution is 6.08. The fraction of sp³-hybridized carbons (Fsp3) is 0.276. The fourth-order valence-corrected chi connectivity index (χ4v) is 5.49. The van der Waals surface area contributed by atoms with E-state index in [-0.39, 0.29) is 17.5 Å². The average Bonchev–Trinajstić information content (AvgIpc) is 3.14. The predicted octanol–water partition coefficient (Wildman–Crippen LogP) is 4.94. The normalized spacial score (nSPS) is 15.5. The molecular weight excluding hydrogens is 422 g/mol. The number of aryl methyl sites for hydroxylation is 1. The molecule has 0 saturated carbocycles. The summed E-state index contributed by atoms with van der Waals surface area (Å²) in [7, 11) is 0. The van der Waals surface area contributed by atoms with Gasteiger partial charge in [-0.3, -0.25) is 14.2 Å². The van der Waals surface area contributed by atoms with Crippen LogP contribution < -0.4 is 10.5 Å². The average molecular weight is 450 g/mol. The SMILES string of the molecule is O=C(c1ccc2c(=O)n3c(nc2c1)CCCCC3)N(c1ccccc1)C1Cc2ccccc2C1. The van der Waals surface area contributed by atoms with Crippen LogP contribution in [0.25, 0.3) is 10.9 Å². The number of amides is 1. The molecule has 0 unspecified atom stereocenters. The summed E-state index contributed by atoms with van der Waals surface area (Å²) in [6.45, 7) is 0.724. The molecule has 34 heavy (non-hydrogen) atoms. The lowest BCUT2D eigenvalue weighted by atomic mass is 10.1. The number of rotatable bonds is 3. The Balaban J connectivity index is 1.41. The molecule has 1 amide bonds. The molecule has 0 N–H and O–H groups in total. The van der Waals surface area contributed by atoms with E-state index in [4.69, 9.17) is 4.98 Å². The van der Waals surface area contributed by atoms with Crippen LogP contribution in [0, 0.1) is 0 Å². The van der Waals surface area contributed by atoms with E-state index in [0.717, 1.165) is 56.6 Å². The van der Waals surface area contributed by atoms with Crippen molar-refractivity contribution in [1.29, 1.82) is 0 Å². The minimum atomic E-state index is -0.0530. The first-order valence-electron chi connectivity index (χ1n) is 12.2. The van der Waals surface area contributed by atoms with E-state index in [1.165, 1.54) is 11.1 Å². The van der Waals surface area contributed by atoms with Crippen molar-refractivity contribution in [2.45, 2.75) is 51.1 Å². The highest BCUT2D eigenvalue weighted by Crippen LogP contribution is 2.30. The molecule has 2 aliphatic rings. The lowest BCUT2D eigenvalue weighted by Gasteiger charge is -2.29. The van der Waals surface area contributed by atoms with Crippen molar-refractivity contribution in [3.8, 4) is 0 Å². The highest BCUT2D eigenvalue weighted by Gasteiger charge is 2.31. The Morgan fingerprint density at radius 2 is 1.62 bits per heavy atom. The van der Waals surface area contributed by atoms with Crippen LogP contribution in [0.1, 0.15) is 46.6 Å². The van der Waals surface area contributed by atoms with Gasteiger partial charge in [0.15, 0.2) is 0 Å². The highest BCUT2D eigenvalue weighted by atomic mass is 16.2. The molecule has 0 bridgehead atoms. The Labute approximate surface area is 198 Å². The molecular formula is C29H27N3O2. The van der Waals surface area contributed by atoms with E-state index in [1.54, 1.807) is 12.1 Å². The van der Waals surface area contributed by atoms with E-state index >= 15 is 0 Å². The van der Waals surface area contributed by atoms with E-state index in [9.17, 15) is 9.59 Å². The topological polar surface area (TPSA) is 55.2 Å². The zero-order valence-corrected chi connectivity index (χ0v) is 19.1. The lowest BCUT2D eigenvalue weighted by molar-refractivity contribution is 0.0977. The largest absolute Gasteiger partial charge is 0.305 e. The van der Waals surface area contributed by atoms with Crippen LogP contribution in [0.3, 0.4) is 0 Å². The van der Waals surface area contributed by atoms with Gasteiger partial charge in [-0.05, 0) is 67.1 Å². The number of hydrogen-bond acceptors (Lipinski definition) is 3. The van der Waals surface area contributed by atoms with Gasteiger partial charge in [0.1, 0.15) is 5.82 Å². The molecule has 1 aliphatic carbocycles. The summed E-state index contributed by atoms with van der Waals surface area (Å²) in [5.41, 5.74) is 4.69. The van der Waals surface area contributed by atoms with Crippen molar-refractivity contribution in [2.75, 3.05) is 4.90 Å². The Bertz CT molecular complexity index is 1420. The Morgan fingerprint density at radius 3 is 2.38 bits per heavy atom. The van der Waals surface area contributed by atoms with E-state index in [0.29, 0.717) is 16.5 Å². The van der Waals surface area contributed by atoms with Gasteiger partial charge in [0.25, 0.3) is 11.5 Å². The van der Waals surface area contributed by atoms with Crippen molar-refractivity contribution in [3.05, 3.63) is 106 Å². The van der Waals surface area contributed by atoms with Gasteiger partial charge in [0.05, 0.1) is 10.9 Å². The summed E-state index contributed by atoms with van der Waals surface area (Å²) in [5, 5.41) is 0.585. The van der Waals surface area contributed by atoms with Crippen LogP contribution in [-0.4, -0.2) is 21.5 Å². The summed E-state index contributed by atoms with van der Waals surface area (Å²) >= 11 is 0. The molecule has 2 heterocycles. The van der Waals surface area contributed by atoms with Crippen LogP contribution >= 0.6 is 0 Å². The Hall–Kier alpha value is -3.73. The monoisotopic (exact) mass is 449 g/mol. The number of fused-ring (bicyclic) bond motifs is 3. The molecule has 3 aromatic carbocycles. The second-order valence-electron chi connectivity index (χ2n) is 9.37. The van der Waals surface area contributed by atoms with Gasteiger partial charge in [0, 0.05) is 30.3 Å². The molecule has 0 atom stereocenters. The van der Waals surface area contributed by atoms with Gasteiger partial charge in [-0.1, -0.05) is 48.9 Å². The number of nitrogens with zero attached hydrogens (tertiary/aromatic N) is 3. The lowest BCUT2D eigenvalue weighted by Crippen LogP contribution is -2.41. The number of carbonyl (C=O) groups excluding carboxylic acids is 1. The Kier molecular flexibility index (Phi) is 5.25. The third kappa shape index (κ3) is 3.61. The van der Waals surface area contributed by atoms with Crippen molar-refractivity contribution < 1.29 is 4.79 Å². The van der Waals surface area contributed by atoms with E-state index < -0.39 is 0 Å². The van der Waals surface area contributed by atoms with Crippen molar-refractivity contribution in [2.24, 2.45) is 0 Å². The fourth-order valence-electron chi connectivity index (χ4n) is 5.49. The molecule has 4 aromatic rings. The summed E-state index contributed by atoms with van der Waals surface area (Å²) < 4.78 is 1.82. The molecule has 6 rings (SSSR count). The number of benzene rings is 3. The Morgan fingerprint density at radius 1 is 0.882 bits per heavy atom. The summed E-state index contributed by atoms with van der Waals surface area (Å²) in [4.78, 5) is 33.9. The zero-order valence-electron chi connectivity index (χ0n) is 19.1. The van der Waals surface area contributed by atoms with E-state index in [2.05, 4.69) is 24.3 Å². The maximum absolute atomic E-state index is 14.0. The first kappa shape index (κ1) is 20.8. The smallest absolute Gasteiger partial charge is 0.261 e. The first-order chi connectivity index (χ1) is 16.7. The molecule has 170 valence electrons. The second-order valence-corrected chi connectivity index (χ2v) is 9.37. The van der Waals surface area contributed by atoms with Crippen molar-refractivity contribution in [3.63, 3.8) is 0 Å². The summed E-state index contributed by atoms with van der Waals surface area (Å²) in [6, 6.07) is 23.7. The minimum Gasteiger partial charge on any atom is -0.305 e. The van der Waals surface area contributed by atoms with Crippen LogP contribution in [0.5, 0.6) is 0 Å². The van der Waals surface area contributed by atoms with Gasteiger partial charge < -0.3 is 4.90 Å². The minimum absolute atomic E-state index is 0.00653. The molecule has 1 aromatic heterocycles. The number of hydrogen-bond donors (Lipinski definition) is 0. The van der Waals surface area contributed by atoms with Crippen molar-refractivity contribution >= 4 is 22.5 Å². The predicted molar refractivity (Wildman–Crippen MR) is 134 cm³/mol. The van der Waals surface area contributed by atoms with Crippen molar-refractivity contribution in [1.82, 2.24) is 9.55 Å². The molecule has 5 heteroatoms. The zero-order chi connectivity index (χ0) is 23.1.